The van der Waals surface area contributed by atoms with Gasteiger partial charge in [0.25, 0.3) is 5.69 Å². The summed E-state index contributed by atoms with van der Waals surface area (Å²) in [5.41, 5.74) is 0.331. The lowest BCUT2D eigenvalue weighted by atomic mass is 10.1. The number of rotatable bonds is 4. The molecule has 120 valence electrons. The normalized spacial score (nSPS) is 10.6. The third-order valence-corrected chi connectivity index (χ3v) is 3.76. The molecule has 0 amide bonds. The van der Waals surface area contributed by atoms with Crippen molar-refractivity contribution in [3.63, 3.8) is 0 Å². The molecule has 0 aliphatic heterocycles. The van der Waals surface area contributed by atoms with E-state index >= 15 is 0 Å². The lowest BCUT2D eigenvalue weighted by Crippen LogP contribution is -1.98. The standard InChI is InChI=1S/C16H9ClFN3O3/c17-16-13(9-22)15(12-6-1-2-7-14(12)18)19-20(16)10-4-3-5-11(8-10)21(23)24/h1-9H. The summed E-state index contributed by atoms with van der Waals surface area (Å²) in [6.07, 6.45) is 0.477. The molecule has 0 unspecified atom stereocenters. The number of carbonyl (C=O) groups is 1. The summed E-state index contributed by atoms with van der Waals surface area (Å²) in [5, 5.41) is 15.0. The van der Waals surface area contributed by atoms with Gasteiger partial charge >= 0.3 is 0 Å². The second-order valence-electron chi connectivity index (χ2n) is 4.84. The summed E-state index contributed by atoms with van der Waals surface area (Å²) in [6, 6.07) is 11.4. The van der Waals surface area contributed by atoms with Gasteiger partial charge in [-0.2, -0.15) is 5.10 Å². The Morgan fingerprint density at radius 2 is 1.96 bits per heavy atom. The second kappa shape index (κ2) is 6.21. The van der Waals surface area contributed by atoms with Crippen LogP contribution in [0.2, 0.25) is 5.15 Å². The first kappa shape index (κ1) is 15.8. The maximum atomic E-state index is 14.0. The van der Waals surface area contributed by atoms with Crippen LogP contribution in [0, 0.1) is 15.9 Å². The number of hydrogen-bond donors (Lipinski definition) is 0. The molecule has 3 aromatic rings. The number of aromatic nitrogens is 2. The van der Waals surface area contributed by atoms with E-state index in [-0.39, 0.29) is 27.7 Å². The van der Waals surface area contributed by atoms with E-state index in [1.807, 2.05) is 0 Å². The Kier molecular flexibility index (Phi) is 4.09. The van der Waals surface area contributed by atoms with Crippen LogP contribution in [0.3, 0.4) is 0 Å². The molecule has 0 saturated heterocycles. The average Bonchev–Trinajstić information content (AvgIpc) is 2.91. The third-order valence-electron chi connectivity index (χ3n) is 3.40. The van der Waals surface area contributed by atoms with Gasteiger partial charge in [-0.05, 0) is 18.2 Å². The number of benzene rings is 2. The minimum atomic E-state index is -0.556. The smallest absolute Gasteiger partial charge is 0.271 e. The maximum absolute atomic E-state index is 14.0. The zero-order valence-corrected chi connectivity index (χ0v) is 12.8. The fraction of sp³-hybridized carbons (Fsp3) is 0. The molecule has 0 aliphatic carbocycles. The number of hydrogen-bond acceptors (Lipinski definition) is 4. The van der Waals surface area contributed by atoms with Gasteiger partial charge in [0.05, 0.1) is 16.2 Å². The Morgan fingerprint density at radius 3 is 2.62 bits per heavy atom. The van der Waals surface area contributed by atoms with E-state index in [1.165, 1.54) is 41.1 Å². The van der Waals surface area contributed by atoms with Crippen LogP contribution in [0.15, 0.2) is 48.5 Å². The van der Waals surface area contributed by atoms with E-state index in [9.17, 15) is 19.3 Å². The van der Waals surface area contributed by atoms with Crippen molar-refractivity contribution in [2.75, 3.05) is 0 Å². The minimum absolute atomic E-state index is 0.00766. The molecule has 0 spiro atoms. The first-order valence-electron chi connectivity index (χ1n) is 6.76. The highest BCUT2D eigenvalue weighted by atomic mass is 35.5. The largest absolute Gasteiger partial charge is 0.298 e. The molecule has 0 aliphatic rings. The Bertz CT molecular complexity index is 955. The molecule has 6 nitrogen and oxygen atoms in total. The lowest BCUT2D eigenvalue weighted by Gasteiger charge is -2.02. The van der Waals surface area contributed by atoms with E-state index in [0.717, 1.165) is 0 Å². The first-order valence-corrected chi connectivity index (χ1v) is 7.14. The molecule has 0 saturated carbocycles. The predicted octanol–water partition coefficient (Wildman–Crippen LogP) is 4.05. The van der Waals surface area contributed by atoms with E-state index < -0.39 is 10.7 Å². The first-order chi connectivity index (χ1) is 11.5. The Morgan fingerprint density at radius 1 is 1.21 bits per heavy atom. The van der Waals surface area contributed by atoms with Crippen LogP contribution in [0.25, 0.3) is 16.9 Å². The Balaban J connectivity index is 2.21. The van der Waals surface area contributed by atoms with Crippen LogP contribution in [-0.4, -0.2) is 21.0 Å². The monoisotopic (exact) mass is 345 g/mol. The van der Waals surface area contributed by atoms with Gasteiger partial charge in [0.1, 0.15) is 16.7 Å². The molecule has 8 heteroatoms. The number of nitro groups is 1. The van der Waals surface area contributed by atoms with Crippen LogP contribution in [-0.2, 0) is 0 Å². The van der Waals surface area contributed by atoms with Crippen molar-refractivity contribution in [2.24, 2.45) is 0 Å². The quantitative estimate of drug-likeness (QED) is 0.406. The summed E-state index contributed by atoms with van der Waals surface area (Å²) in [6.45, 7) is 0. The van der Waals surface area contributed by atoms with Crippen molar-refractivity contribution in [3.8, 4) is 16.9 Å². The molecule has 3 rings (SSSR count). The van der Waals surface area contributed by atoms with Gasteiger partial charge in [-0.25, -0.2) is 9.07 Å². The molecule has 0 bridgehead atoms. The molecule has 24 heavy (non-hydrogen) atoms. The Labute approximate surface area is 140 Å². The predicted molar refractivity (Wildman–Crippen MR) is 86.0 cm³/mol. The summed E-state index contributed by atoms with van der Waals surface area (Å²) in [5.74, 6) is -0.555. The van der Waals surface area contributed by atoms with Crippen molar-refractivity contribution >= 4 is 23.6 Å². The summed E-state index contributed by atoms with van der Waals surface area (Å²) in [4.78, 5) is 21.7. The summed E-state index contributed by atoms with van der Waals surface area (Å²) >= 11 is 6.18. The second-order valence-corrected chi connectivity index (χ2v) is 5.20. The molecule has 0 radical (unpaired) electrons. The van der Waals surface area contributed by atoms with Gasteiger partial charge in [-0.3, -0.25) is 14.9 Å². The topological polar surface area (TPSA) is 78.0 Å². The van der Waals surface area contributed by atoms with Gasteiger partial charge in [-0.1, -0.05) is 29.8 Å². The molecule has 0 fully saturated rings. The lowest BCUT2D eigenvalue weighted by molar-refractivity contribution is -0.384. The number of aldehydes is 1. The molecular formula is C16H9ClFN3O3. The van der Waals surface area contributed by atoms with Crippen molar-refractivity contribution in [3.05, 3.63) is 75.2 Å². The van der Waals surface area contributed by atoms with Crippen LogP contribution < -0.4 is 0 Å². The Hall–Kier alpha value is -3.06. The highest BCUT2D eigenvalue weighted by Gasteiger charge is 2.21. The molecular weight excluding hydrogens is 337 g/mol. The fourth-order valence-corrected chi connectivity index (χ4v) is 2.55. The van der Waals surface area contributed by atoms with Crippen LogP contribution >= 0.6 is 11.6 Å². The number of nitro benzene ring substituents is 1. The van der Waals surface area contributed by atoms with Crippen molar-refractivity contribution in [1.29, 1.82) is 0 Å². The minimum Gasteiger partial charge on any atom is -0.298 e. The van der Waals surface area contributed by atoms with E-state index in [1.54, 1.807) is 12.1 Å². The fourth-order valence-electron chi connectivity index (χ4n) is 2.28. The number of nitrogens with zero attached hydrogens (tertiary/aromatic N) is 3. The molecule has 1 aromatic heterocycles. The van der Waals surface area contributed by atoms with Crippen LogP contribution in [0.4, 0.5) is 10.1 Å². The number of non-ortho nitro benzene ring substituents is 1. The van der Waals surface area contributed by atoms with Gasteiger partial charge in [0.2, 0.25) is 0 Å². The van der Waals surface area contributed by atoms with Crippen molar-refractivity contribution < 1.29 is 14.1 Å². The van der Waals surface area contributed by atoms with Crippen LogP contribution in [0.5, 0.6) is 0 Å². The van der Waals surface area contributed by atoms with E-state index in [2.05, 4.69) is 5.10 Å². The van der Waals surface area contributed by atoms with Gasteiger partial charge < -0.3 is 0 Å². The zero-order valence-electron chi connectivity index (χ0n) is 12.0. The van der Waals surface area contributed by atoms with Crippen molar-refractivity contribution in [1.82, 2.24) is 9.78 Å². The average molecular weight is 346 g/mol. The molecule has 0 atom stereocenters. The van der Waals surface area contributed by atoms with Gasteiger partial charge in [-0.15, -0.1) is 0 Å². The van der Waals surface area contributed by atoms with E-state index in [4.69, 9.17) is 11.6 Å². The number of carbonyl (C=O) groups excluding carboxylic acids is 1. The van der Waals surface area contributed by atoms with E-state index in [0.29, 0.717) is 12.0 Å². The SMILES string of the molecule is O=Cc1c(-c2ccccc2F)nn(-c2cccc([N+](=O)[O-])c2)c1Cl. The van der Waals surface area contributed by atoms with Crippen molar-refractivity contribution in [2.45, 2.75) is 0 Å². The molecule has 1 heterocycles. The van der Waals surface area contributed by atoms with Gasteiger partial charge in [0.15, 0.2) is 6.29 Å². The highest BCUT2D eigenvalue weighted by molar-refractivity contribution is 6.32. The molecule has 0 N–H and O–H groups in total. The van der Waals surface area contributed by atoms with Crippen LogP contribution in [0.1, 0.15) is 10.4 Å². The van der Waals surface area contributed by atoms with Gasteiger partial charge in [0, 0.05) is 17.7 Å². The maximum Gasteiger partial charge on any atom is 0.271 e. The number of halogens is 2. The highest BCUT2D eigenvalue weighted by Crippen LogP contribution is 2.31. The summed E-state index contributed by atoms with van der Waals surface area (Å²) in [7, 11) is 0. The molecule has 2 aromatic carbocycles. The summed E-state index contributed by atoms with van der Waals surface area (Å²) < 4.78 is 15.2. The zero-order chi connectivity index (χ0) is 17.3. The third kappa shape index (κ3) is 2.65.